The minimum Gasteiger partial charge on any atom is -0.467 e. The molecule has 0 spiro atoms. The Labute approximate surface area is 153 Å². The summed E-state index contributed by atoms with van der Waals surface area (Å²) >= 11 is 0. The van der Waals surface area contributed by atoms with E-state index in [1.165, 1.54) is 16.4 Å². The molecule has 1 aliphatic heterocycles. The summed E-state index contributed by atoms with van der Waals surface area (Å²) in [6.45, 7) is 1.98. The largest absolute Gasteiger partial charge is 0.467 e. The van der Waals surface area contributed by atoms with Crippen molar-refractivity contribution in [1.29, 1.82) is 0 Å². The maximum absolute atomic E-state index is 12.9. The Bertz CT molecular complexity index is 771. The number of sulfonamides is 1. The Balaban J connectivity index is 2.28. The third kappa shape index (κ3) is 4.40. The van der Waals surface area contributed by atoms with Crippen LogP contribution >= 0.6 is 0 Å². The van der Waals surface area contributed by atoms with Gasteiger partial charge >= 0.3 is 5.97 Å². The Morgan fingerprint density at radius 1 is 1.27 bits per heavy atom. The number of esters is 1. The van der Waals surface area contributed by atoms with Gasteiger partial charge in [0.25, 0.3) is 5.91 Å². The molecule has 1 heterocycles. The summed E-state index contributed by atoms with van der Waals surface area (Å²) in [5.74, 6) is -1.45. The molecule has 0 unspecified atom stereocenters. The van der Waals surface area contributed by atoms with E-state index in [0.717, 1.165) is 26.4 Å². The van der Waals surface area contributed by atoms with Crippen LogP contribution in [0.5, 0.6) is 0 Å². The predicted octanol–water partition coefficient (Wildman–Crippen LogP) is 0.433. The fourth-order valence-corrected chi connectivity index (χ4v) is 4.59. The first-order valence-electron chi connectivity index (χ1n) is 8.41. The zero-order valence-corrected chi connectivity index (χ0v) is 15.7. The molecule has 0 radical (unpaired) electrons. The van der Waals surface area contributed by atoms with Crippen molar-refractivity contribution in [3.05, 3.63) is 29.3 Å². The number of carbonyl (C=O) groups is 2. The van der Waals surface area contributed by atoms with Crippen LogP contribution in [0, 0.1) is 6.92 Å². The molecule has 1 aromatic carbocycles. The highest BCUT2D eigenvalue weighted by atomic mass is 32.2. The fraction of sp³-hybridized carbons (Fsp3) is 0.529. The minimum atomic E-state index is -3.69. The van der Waals surface area contributed by atoms with Gasteiger partial charge in [0.05, 0.1) is 18.6 Å². The van der Waals surface area contributed by atoms with E-state index in [2.05, 4.69) is 10.1 Å². The molecule has 0 saturated carbocycles. The number of carbonyl (C=O) groups excluding carboxylic acids is 2. The van der Waals surface area contributed by atoms with Crippen LogP contribution in [-0.4, -0.2) is 62.6 Å². The molecular weight excluding hydrogens is 360 g/mol. The number of aliphatic hydroxyl groups is 1. The van der Waals surface area contributed by atoms with Crippen LogP contribution in [0.15, 0.2) is 23.1 Å². The zero-order chi connectivity index (χ0) is 19.3. The number of hydrogen-bond acceptors (Lipinski definition) is 6. The highest BCUT2D eigenvalue weighted by Crippen LogP contribution is 2.24. The van der Waals surface area contributed by atoms with Gasteiger partial charge in [0.1, 0.15) is 0 Å². The number of benzene rings is 1. The van der Waals surface area contributed by atoms with Gasteiger partial charge in [-0.25, -0.2) is 13.2 Å². The third-order valence-corrected chi connectivity index (χ3v) is 6.40. The molecule has 0 aliphatic carbocycles. The number of rotatable bonds is 6. The van der Waals surface area contributed by atoms with E-state index < -0.39 is 34.5 Å². The van der Waals surface area contributed by atoms with Crippen molar-refractivity contribution >= 4 is 21.9 Å². The van der Waals surface area contributed by atoms with Crippen molar-refractivity contribution in [2.45, 2.75) is 37.1 Å². The van der Waals surface area contributed by atoms with E-state index >= 15 is 0 Å². The van der Waals surface area contributed by atoms with Crippen molar-refractivity contribution in [2.24, 2.45) is 0 Å². The average molecular weight is 384 g/mol. The third-order valence-electron chi connectivity index (χ3n) is 4.36. The van der Waals surface area contributed by atoms with Crippen LogP contribution < -0.4 is 5.32 Å². The van der Waals surface area contributed by atoms with Gasteiger partial charge in [0.2, 0.25) is 10.0 Å². The maximum Gasteiger partial charge on any atom is 0.330 e. The molecule has 9 heteroatoms. The highest BCUT2D eigenvalue weighted by Gasteiger charge is 2.28. The minimum absolute atomic E-state index is 0.0747. The average Bonchev–Trinajstić information content (AvgIpc) is 2.66. The van der Waals surface area contributed by atoms with Crippen LogP contribution in [0.1, 0.15) is 35.2 Å². The number of piperidine rings is 1. The number of methoxy groups -OCH3 is 1. The van der Waals surface area contributed by atoms with E-state index in [-0.39, 0.29) is 10.5 Å². The Morgan fingerprint density at radius 2 is 1.92 bits per heavy atom. The molecule has 1 aliphatic rings. The molecule has 2 rings (SSSR count). The van der Waals surface area contributed by atoms with E-state index in [4.69, 9.17) is 0 Å². The number of hydrogen-bond donors (Lipinski definition) is 2. The quantitative estimate of drug-likeness (QED) is 0.688. The topological polar surface area (TPSA) is 113 Å². The summed E-state index contributed by atoms with van der Waals surface area (Å²) < 4.78 is 31.7. The zero-order valence-electron chi connectivity index (χ0n) is 14.9. The molecule has 0 bridgehead atoms. The Kier molecular flexibility index (Phi) is 6.74. The number of nitrogens with one attached hydrogen (secondary N) is 1. The molecule has 1 amide bonds. The van der Waals surface area contributed by atoms with Gasteiger partial charge in [-0.3, -0.25) is 4.79 Å². The van der Waals surface area contributed by atoms with Crippen LogP contribution in [0.25, 0.3) is 0 Å². The molecule has 1 aromatic rings. The molecule has 26 heavy (non-hydrogen) atoms. The van der Waals surface area contributed by atoms with Crippen molar-refractivity contribution in [1.82, 2.24) is 9.62 Å². The lowest BCUT2D eigenvalue weighted by molar-refractivity contribution is -0.143. The molecular formula is C17H24N2O6S. The maximum atomic E-state index is 12.9. The molecule has 0 aromatic heterocycles. The lowest BCUT2D eigenvalue weighted by Crippen LogP contribution is -2.44. The van der Waals surface area contributed by atoms with E-state index in [1.807, 2.05) is 0 Å². The van der Waals surface area contributed by atoms with Gasteiger partial charge < -0.3 is 15.2 Å². The smallest absolute Gasteiger partial charge is 0.330 e. The first-order chi connectivity index (χ1) is 12.3. The lowest BCUT2D eigenvalue weighted by Gasteiger charge is -2.26. The second-order valence-corrected chi connectivity index (χ2v) is 8.08. The van der Waals surface area contributed by atoms with Gasteiger partial charge in [0, 0.05) is 18.7 Å². The lowest BCUT2D eigenvalue weighted by atomic mass is 10.1. The summed E-state index contributed by atoms with van der Waals surface area (Å²) in [5.41, 5.74) is 0.632. The van der Waals surface area contributed by atoms with Gasteiger partial charge in [-0.1, -0.05) is 12.5 Å². The van der Waals surface area contributed by atoms with Gasteiger partial charge in [-0.15, -0.1) is 0 Å². The van der Waals surface area contributed by atoms with Crippen molar-refractivity contribution < 1.29 is 27.9 Å². The summed E-state index contributed by atoms with van der Waals surface area (Å²) in [6, 6.07) is 3.12. The van der Waals surface area contributed by atoms with Crippen molar-refractivity contribution in [3.8, 4) is 0 Å². The summed E-state index contributed by atoms with van der Waals surface area (Å²) in [4.78, 5) is 23.9. The first kappa shape index (κ1) is 20.3. The van der Waals surface area contributed by atoms with Crippen molar-refractivity contribution in [3.63, 3.8) is 0 Å². The normalized spacial score (nSPS) is 16.7. The van der Waals surface area contributed by atoms with E-state index in [1.54, 1.807) is 13.0 Å². The fourth-order valence-electron chi connectivity index (χ4n) is 2.83. The van der Waals surface area contributed by atoms with Crippen LogP contribution in [0.3, 0.4) is 0 Å². The van der Waals surface area contributed by atoms with Crippen LogP contribution in [-0.2, 0) is 19.6 Å². The second kappa shape index (κ2) is 8.61. The number of aliphatic hydroxyl groups excluding tert-OH is 1. The number of aryl methyl sites for hydroxylation is 1. The molecule has 2 N–H and O–H groups in total. The second-order valence-electron chi connectivity index (χ2n) is 6.18. The van der Waals surface area contributed by atoms with Gasteiger partial charge in [0.15, 0.2) is 6.04 Å². The summed E-state index contributed by atoms with van der Waals surface area (Å²) in [5, 5.41) is 11.5. The standard InChI is InChI=1S/C17H24N2O6S/c1-12-6-7-13(16(21)18-14(11-20)17(22)25-2)10-15(12)26(23,24)19-8-4-3-5-9-19/h6-7,10,14,20H,3-5,8-9,11H2,1-2H3,(H,18,21)/t14-/m0/s1. The SMILES string of the molecule is COC(=O)[C@H](CO)NC(=O)c1ccc(C)c(S(=O)(=O)N2CCCCC2)c1. The Hall–Kier alpha value is -1.97. The molecule has 1 fully saturated rings. The number of amides is 1. The molecule has 144 valence electrons. The highest BCUT2D eigenvalue weighted by molar-refractivity contribution is 7.89. The number of ether oxygens (including phenoxy) is 1. The molecule has 1 saturated heterocycles. The molecule has 1 atom stereocenters. The van der Waals surface area contributed by atoms with Crippen LogP contribution in [0.2, 0.25) is 0 Å². The molecule has 8 nitrogen and oxygen atoms in total. The van der Waals surface area contributed by atoms with E-state index in [0.29, 0.717) is 18.7 Å². The summed E-state index contributed by atoms with van der Waals surface area (Å²) in [6.07, 6.45) is 2.63. The predicted molar refractivity (Wildman–Crippen MR) is 94.1 cm³/mol. The monoisotopic (exact) mass is 384 g/mol. The Morgan fingerprint density at radius 3 is 2.50 bits per heavy atom. The van der Waals surface area contributed by atoms with E-state index in [9.17, 15) is 23.1 Å². The number of nitrogens with zero attached hydrogens (tertiary/aromatic N) is 1. The first-order valence-corrected chi connectivity index (χ1v) is 9.85. The summed E-state index contributed by atoms with van der Waals surface area (Å²) in [7, 11) is -2.55. The van der Waals surface area contributed by atoms with Crippen molar-refractivity contribution in [2.75, 3.05) is 26.8 Å². The van der Waals surface area contributed by atoms with Crippen LogP contribution in [0.4, 0.5) is 0 Å². The van der Waals surface area contributed by atoms with Gasteiger partial charge in [-0.05, 0) is 37.5 Å². The van der Waals surface area contributed by atoms with Gasteiger partial charge in [-0.2, -0.15) is 4.31 Å².